The van der Waals surface area contributed by atoms with E-state index in [9.17, 15) is 9.59 Å². The number of benzene rings is 3. The summed E-state index contributed by atoms with van der Waals surface area (Å²) in [5.74, 6) is -0.138. The summed E-state index contributed by atoms with van der Waals surface area (Å²) in [4.78, 5) is 27.5. The molecule has 7 heteroatoms. The molecular weight excluding hydrogens is 459 g/mol. The second-order valence-electron chi connectivity index (χ2n) is 7.57. The molecule has 0 aliphatic carbocycles. The molecule has 0 saturated carbocycles. The molecule has 0 aliphatic rings. The van der Waals surface area contributed by atoms with Crippen molar-refractivity contribution in [1.29, 1.82) is 0 Å². The standard InChI is InChI=1S/C26H26Cl2N2O3/c1-19(26(32)29-16-15-20-7-3-2-4-8-20)30(17-21-11-13-22(27)14-12-21)25(31)18-33-24-10-6-5-9-23(24)28/h2-14,19H,15-18H2,1H3,(H,29,32)/t19-/m1/s1. The molecule has 0 aromatic heterocycles. The minimum absolute atomic E-state index is 0.231. The van der Waals surface area contributed by atoms with E-state index in [1.54, 1.807) is 43.3 Å². The Morgan fingerprint density at radius 3 is 2.27 bits per heavy atom. The van der Waals surface area contributed by atoms with E-state index in [0.29, 0.717) is 28.8 Å². The molecule has 3 aromatic rings. The molecule has 0 bridgehead atoms. The van der Waals surface area contributed by atoms with Crippen molar-refractivity contribution in [2.45, 2.75) is 25.9 Å². The summed E-state index contributed by atoms with van der Waals surface area (Å²) >= 11 is 12.1. The van der Waals surface area contributed by atoms with Crippen LogP contribution in [0.3, 0.4) is 0 Å². The van der Waals surface area contributed by atoms with Gasteiger partial charge in [-0.05, 0) is 48.7 Å². The predicted octanol–water partition coefficient (Wildman–Crippen LogP) is 5.15. The van der Waals surface area contributed by atoms with Gasteiger partial charge >= 0.3 is 0 Å². The van der Waals surface area contributed by atoms with Crippen LogP contribution in [0.4, 0.5) is 0 Å². The fraction of sp³-hybridized carbons (Fsp3) is 0.231. The highest BCUT2D eigenvalue weighted by atomic mass is 35.5. The zero-order valence-electron chi connectivity index (χ0n) is 18.3. The van der Waals surface area contributed by atoms with E-state index in [1.165, 1.54) is 4.90 Å². The Bertz CT molecular complexity index is 1060. The monoisotopic (exact) mass is 484 g/mol. The molecule has 0 fully saturated rings. The number of nitrogens with zero attached hydrogens (tertiary/aromatic N) is 1. The van der Waals surface area contributed by atoms with Gasteiger partial charge in [-0.1, -0.05) is 77.8 Å². The van der Waals surface area contributed by atoms with E-state index < -0.39 is 6.04 Å². The Labute approximate surface area is 204 Å². The van der Waals surface area contributed by atoms with Crippen molar-refractivity contribution in [1.82, 2.24) is 10.2 Å². The number of para-hydroxylation sites is 1. The summed E-state index contributed by atoms with van der Waals surface area (Å²) < 4.78 is 5.63. The summed E-state index contributed by atoms with van der Waals surface area (Å²) in [5, 5.41) is 3.95. The average Bonchev–Trinajstić information content (AvgIpc) is 2.83. The maximum atomic E-state index is 13.1. The van der Waals surface area contributed by atoms with E-state index in [1.807, 2.05) is 42.5 Å². The van der Waals surface area contributed by atoms with Gasteiger partial charge in [0.2, 0.25) is 5.91 Å². The van der Waals surface area contributed by atoms with Crippen LogP contribution in [0.2, 0.25) is 10.0 Å². The summed E-state index contributed by atoms with van der Waals surface area (Å²) in [7, 11) is 0. The highest BCUT2D eigenvalue weighted by Crippen LogP contribution is 2.23. The lowest BCUT2D eigenvalue weighted by Gasteiger charge is -2.29. The quantitative estimate of drug-likeness (QED) is 0.432. The summed E-state index contributed by atoms with van der Waals surface area (Å²) in [6.45, 7) is 2.20. The van der Waals surface area contributed by atoms with Crippen LogP contribution in [0.1, 0.15) is 18.1 Å². The van der Waals surface area contributed by atoms with Crippen molar-refractivity contribution in [3.05, 3.63) is 100 Å². The lowest BCUT2D eigenvalue weighted by atomic mass is 10.1. The second-order valence-corrected chi connectivity index (χ2v) is 8.41. The van der Waals surface area contributed by atoms with E-state index in [2.05, 4.69) is 5.32 Å². The van der Waals surface area contributed by atoms with Crippen LogP contribution in [0, 0.1) is 0 Å². The molecular formula is C26H26Cl2N2O3. The molecule has 3 rings (SSSR count). The third-order valence-electron chi connectivity index (χ3n) is 5.18. The van der Waals surface area contributed by atoms with Crippen LogP contribution in [-0.4, -0.2) is 35.9 Å². The molecule has 2 amide bonds. The molecule has 33 heavy (non-hydrogen) atoms. The van der Waals surface area contributed by atoms with Gasteiger partial charge < -0.3 is 15.0 Å². The first-order valence-corrected chi connectivity index (χ1v) is 11.4. The number of nitrogens with one attached hydrogen (secondary N) is 1. The summed E-state index contributed by atoms with van der Waals surface area (Å²) in [6, 6.07) is 23.3. The molecule has 5 nitrogen and oxygen atoms in total. The van der Waals surface area contributed by atoms with Gasteiger partial charge in [0.1, 0.15) is 11.8 Å². The largest absolute Gasteiger partial charge is 0.482 e. The highest BCUT2D eigenvalue weighted by Gasteiger charge is 2.26. The van der Waals surface area contributed by atoms with Crippen LogP contribution < -0.4 is 10.1 Å². The highest BCUT2D eigenvalue weighted by molar-refractivity contribution is 6.32. The first-order valence-electron chi connectivity index (χ1n) is 10.7. The Morgan fingerprint density at radius 1 is 0.909 bits per heavy atom. The first-order chi connectivity index (χ1) is 15.9. The van der Waals surface area contributed by atoms with Gasteiger partial charge in [0.25, 0.3) is 5.91 Å². The van der Waals surface area contributed by atoms with Gasteiger partial charge in [-0.25, -0.2) is 0 Å². The van der Waals surface area contributed by atoms with Crippen molar-refractivity contribution in [2.24, 2.45) is 0 Å². The normalized spacial score (nSPS) is 11.5. The minimum Gasteiger partial charge on any atom is -0.482 e. The molecule has 1 N–H and O–H groups in total. The van der Waals surface area contributed by atoms with E-state index in [-0.39, 0.29) is 25.0 Å². The molecule has 0 aliphatic heterocycles. The number of halogens is 2. The number of carbonyl (C=O) groups excluding carboxylic acids is 2. The number of carbonyl (C=O) groups is 2. The van der Waals surface area contributed by atoms with Crippen molar-refractivity contribution in [2.75, 3.05) is 13.2 Å². The van der Waals surface area contributed by atoms with Gasteiger partial charge in [0.05, 0.1) is 5.02 Å². The molecule has 0 unspecified atom stereocenters. The average molecular weight is 485 g/mol. The zero-order valence-corrected chi connectivity index (χ0v) is 19.9. The first kappa shape index (κ1) is 24.6. The van der Waals surface area contributed by atoms with Crippen molar-refractivity contribution >= 4 is 35.0 Å². The van der Waals surface area contributed by atoms with Gasteiger partial charge in [0, 0.05) is 18.1 Å². The van der Waals surface area contributed by atoms with Crippen LogP contribution in [0.15, 0.2) is 78.9 Å². The van der Waals surface area contributed by atoms with E-state index in [4.69, 9.17) is 27.9 Å². The molecule has 1 atom stereocenters. The summed E-state index contributed by atoms with van der Waals surface area (Å²) in [6.07, 6.45) is 0.708. The maximum Gasteiger partial charge on any atom is 0.261 e. The van der Waals surface area contributed by atoms with Gasteiger partial charge in [0.15, 0.2) is 6.61 Å². The molecule has 0 saturated heterocycles. The predicted molar refractivity (Wildman–Crippen MR) is 132 cm³/mol. The van der Waals surface area contributed by atoms with Crippen LogP contribution in [0.5, 0.6) is 5.75 Å². The van der Waals surface area contributed by atoms with E-state index in [0.717, 1.165) is 11.1 Å². The van der Waals surface area contributed by atoms with Crippen molar-refractivity contribution in [3.8, 4) is 5.75 Å². The topological polar surface area (TPSA) is 58.6 Å². The Balaban J connectivity index is 1.66. The molecule has 0 spiro atoms. The van der Waals surface area contributed by atoms with Crippen molar-refractivity contribution in [3.63, 3.8) is 0 Å². The Morgan fingerprint density at radius 2 is 1.58 bits per heavy atom. The Kier molecular flexibility index (Phi) is 9.16. The lowest BCUT2D eigenvalue weighted by Crippen LogP contribution is -2.49. The molecule has 172 valence electrons. The van der Waals surface area contributed by atoms with Crippen LogP contribution in [-0.2, 0) is 22.6 Å². The third-order valence-corrected chi connectivity index (χ3v) is 5.74. The smallest absolute Gasteiger partial charge is 0.261 e. The number of hydrogen-bond acceptors (Lipinski definition) is 3. The van der Waals surface area contributed by atoms with E-state index >= 15 is 0 Å². The third kappa shape index (κ3) is 7.52. The number of amides is 2. The van der Waals surface area contributed by atoms with Crippen LogP contribution in [0.25, 0.3) is 0 Å². The van der Waals surface area contributed by atoms with Crippen molar-refractivity contribution < 1.29 is 14.3 Å². The zero-order chi connectivity index (χ0) is 23.6. The minimum atomic E-state index is -0.696. The fourth-order valence-electron chi connectivity index (χ4n) is 3.28. The van der Waals surface area contributed by atoms with Gasteiger partial charge in [-0.15, -0.1) is 0 Å². The van der Waals surface area contributed by atoms with Gasteiger partial charge in [-0.2, -0.15) is 0 Å². The second kappa shape index (κ2) is 12.3. The number of rotatable bonds is 10. The molecule has 0 radical (unpaired) electrons. The van der Waals surface area contributed by atoms with Gasteiger partial charge in [-0.3, -0.25) is 9.59 Å². The Hall–Kier alpha value is -3.02. The fourth-order valence-corrected chi connectivity index (χ4v) is 3.59. The number of ether oxygens (including phenoxy) is 1. The summed E-state index contributed by atoms with van der Waals surface area (Å²) in [5.41, 5.74) is 1.99. The lowest BCUT2D eigenvalue weighted by molar-refractivity contribution is -0.142. The molecule has 3 aromatic carbocycles. The number of hydrogen-bond donors (Lipinski definition) is 1. The van der Waals surface area contributed by atoms with Crippen LogP contribution >= 0.6 is 23.2 Å². The molecule has 0 heterocycles. The maximum absolute atomic E-state index is 13.1. The SMILES string of the molecule is C[C@H](C(=O)NCCc1ccccc1)N(Cc1ccc(Cl)cc1)C(=O)COc1ccccc1Cl.